The maximum atomic E-state index is 12.3. The van der Waals surface area contributed by atoms with Gasteiger partial charge in [0.2, 0.25) is 0 Å². The van der Waals surface area contributed by atoms with E-state index in [9.17, 15) is 18.0 Å². The third-order valence-corrected chi connectivity index (χ3v) is 2.83. The summed E-state index contributed by atoms with van der Waals surface area (Å²) >= 11 is 0. The zero-order valence-electron chi connectivity index (χ0n) is 9.33. The van der Waals surface area contributed by atoms with E-state index in [1.165, 1.54) is 0 Å². The summed E-state index contributed by atoms with van der Waals surface area (Å²) in [6.45, 7) is 0.0261. The molecular weight excluding hydrogens is 269 g/mol. The van der Waals surface area contributed by atoms with E-state index in [4.69, 9.17) is 5.73 Å². The van der Waals surface area contributed by atoms with Crippen LogP contribution in [0.15, 0.2) is 18.2 Å². The second kappa shape index (κ2) is 5.06. The molecule has 1 aliphatic rings. The first-order valence-electron chi connectivity index (χ1n) is 5.12. The van der Waals surface area contributed by atoms with E-state index in [1.807, 2.05) is 0 Å². The van der Waals surface area contributed by atoms with Crippen LogP contribution in [0.5, 0.6) is 0 Å². The molecule has 0 atom stereocenters. The molecule has 18 heavy (non-hydrogen) atoms. The standard InChI is InChI=1S/C11H11F3N2O.ClH/c12-11(13,14)10(17)16-5-4-8-7(6-16)2-1-3-9(8)15;/h1-3H,4-6,15H2;1H. The number of rotatable bonds is 0. The van der Waals surface area contributed by atoms with Crippen molar-refractivity contribution in [3.05, 3.63) is 29.3 Å². The minimum atomic E-state index is -4.81. The van der Waals surface area contributed by atoms with E-state index in [0.717, 1.165) is 10.5 Å². The summed E-state index contributed by atoms with van der Waals surface area (Å²) < 4.78 is 36.8. The number of amides is 1. The van der Waals surface area contributed by atoms with Crippen LogP contribution in [0.3, 0.4) is 0 Å². The molecule has 0 saturated heterocycles. The summed E-state index contributed by atoms with van der Waals surface area (Å²) in [5, 5.41) is 0. The lowest BCUT2D eigenvalue weighted by molar-refractivity contribution is -0.186. The predicted molar refractivity (Wildman–Crippen MR) is 63.3 cm³/mol. The van der Waals surface area contributed by atoms with Gasteiger partial charge in [0.1, 0.15) is 0 Å². The Morgan fingerprint density at radius 3 is 2.61 bits per heavy atom. The molecule has 2 rings (SSSR count). The van der Waals surface area contributed by atoms with Gasteiger partial charge in [-0.2, -0.15) is 13.2 Å². The van der Waals surface area contributed by atoms with Crippen molar-refractivity contribution in [2.24, 2.45) is 0 Å². The second-order valence-electron chi connectivity index (χ2n) is 3.96. The van der Waals surface area contributed by atoms with Gasteiger partial charge in [-0.25, -0.2) is 0 Å². The van der Waals surface area contributed by atoms with Gasteiger partial charge in [-0.1, -0.05) is 12.1 Å². The first-order valence-corrected chi connectivity index (χ1v) is 5.12. The molecule has 1 aromatic rings. The van der Waals surface area contributed by atoms with E-state index >= 15 is 0 Å². The second-order valence-corrected chi connectivity index (χ2v) is 3.96. The Morgan fingerprint density at radius 2 is 2.00 bits per heavy atom. The highest BCUT2D eigenvalue weighted by atomic mass is 35.5. The average Bonchev–Trinajstić information content (AvgIpc) is 2.26. The van der Waals surface area contributed by atoms with Crippen molar-refractivity contribution in [2.75, 3.05) is 12.3 Å². The lowest BCUT2D eigenvalue weighted by Gasteiger charge is -2.30. The molecule has 100 valence electrons. The first kappa shape index (κ1) is 14.6. The highest BCUT2D eigenvalue weighted by Gasteiger charge is 2.43. The zero-order chi connectivity index (χ0) is 12.6. The Bertz CT molecular complexity index is 462. The Balaban J connectivity index is 0.00000162. The fourth-order valence-electron chi connectivity index (χ4n) is 1.99. The molecule has 1 amide bonds. The molecule has 1 aromatic carbocycles. The van der Waals surface area contributed by atoms with Gasteiger partial charge < -0.3 is 10.6 Å². The van der Waals surface area contributed by atoms with Crippen LogP contribution < -0.4 is 5.73 Å². The number of anilines is 1. The minimum absolute atomic E-state index is 0. The number of fused-ring (bicyclic) bond motifs is 1. The van der Waals surface area contributed by atoms with Crippen molar-refractivity contribution in [1.29, 1.82) is 0 Å². The van der Waals surface area contributed by atoms with Gasteiger partial charge in [-0.3, -0.25) is 4.79 Å². The Kier molecular flexibility index (Phi) is 4.11. The number of alkyl halides is 3. The molecule has 2 N–H and O–H groups in total. The molecule has 0 aromatic heterocycles. The number of carbonyl (C=O) groups excluding carboxylic acids is 1. The van der Waals surface area contributed by atoms with Crippen LogP contribution in [0.1, 0.15) is 11.1 Å². The predicted octanol–water partition coefficient (Wildman–Crippen LogP) is 2.14. The van der Waals surface area contributed by atoms with Crippen molar-refractivity contribution >= 4 is 24.0 Å². The minimum Gasteiger partial charge on any atom is -0.398 e. The van der Waals surface area contributed by atoms with Crippen molar-refractivity contribution in [3.8, 4) is 0 Å². The summed E-state index contributed by atoms with van der Waals surface area (Å²) in [4.78, 5) is 11.9. The third-order valence-electron chi connectivity index (χ3n) is 2.83. The van der Waals surface area contributed by atoms with Gasteiger partial charge in [0, 0.05) is 18.8 Å². The average molecular weight is 281 g/mol. The van der Waals surface area contributed by atoms with Gasteiger partial charge in [-0.05, 0) is 23.6 Å². The van der Waals surface area contributed by atoms with E-state index in [-0.39, 0.29) is 25.5 Å². The third kappa shape index (κ3) is 2.69. The topological polar surface area (TPSA) is 46.3 Å². The molecule has 0 bridgehead atoms. The number of carbonyl (C=O) groups is 1. The van der Waals surface area contributed by atoms with Gasteiger partial charge in [-0.15, -0.1) is 12.4 Å². The van der Waals surface area contributed by atoms with Gasteiger partial charge in [0.05, 0.1) is 0 Å². The molecule has 3 nitrogen and oxygen atoms in total. The molecule has 0 unspecified atom stereocenters. The van der Waals surface area contributed by atoms with Crippen LogP contribution in [0, 0.1) is 0 Å². The molecule has 0 fully saturated rings. The van der Waals surface area contributed by atoms with Gasteiger partial charge >= 0.3 is 12.1 Å². The van der Waals surface area contributed by atoms with Gasteiger partial charge in [0.25, 0.3) is 0 Å². The van der Waals surface area contributed by atoms with Crippen molar-refractivity contribution in [2.45, 2.75) is 19.1 Å². The number of halogens is 4. The Hall–Kier alpha value is -1.43. The first-order chi connectivity index (χ1) is 7.89. The normalized spacial score (nSPS) is 14.7. The lowest BCUT2D eigenvalue weighted by atomic mass is 9.98. The Labute approximate surface area is 108 Å². The number of benzene rings is 1. The molecule has 0 saturated carbocycles. The highest BCUT2D eigenvalue weighted by molar-refractivity contribution is 5.85. The SMILES string of the molecule is Cl.Nc1cccc2c1CCN(C(=O)C(F)(F)F)C2. The lowest BCUT2D eigenvalue weighted by Crippen LogP contribution is -2.43. The fourth-order valence-corrected chi connectivity index (χ4v) is 1.99. The van der Waals surface area contributed by atoms with Gasteiger partial charge in [0.15, 0.2) is 0 Å². The summed E-state index contributed by atoms with van der Waals surface area (Å²) in [6.07, 6.45) is -4.44. The maximum absolute atomic E-state index is 12.3. The number of nitrogens with two attached hydrogens (primary N) is 1. The maximum Gasteiger partial charge on any atom is 0.471 e. The summed E-state index contributed by atoms with van der Waals surface area (Å²) in [6, 6.07) is 5.08. The van der Waals surface area contributed by atoms with E-state index < -0.39 is 12.1 Å². The van der Waals surface area contributed by atoms with Crippen LogP contribution in [0.25, 0.3) is 0 Å². The number of hydrogen-bond donors (Lipinski definition) is 1. The van der Waals surface area contributed by atoms with Crippen LogP contribution in [-0.4, -0.2) is 23.5 Å². The van der Waals surface area contributed by atoms with Crippen molar-refractivity contribution in [3.63, 3.8) is 0 Å². The Morgan fingerprint density at radius 1 is 1.33 bits per heavy atom. The highest BCUT2D eigenvalue weighted by Crippen LogP contribution is 2.27. The summed E-state index contributed by atoms with van der Waals surface area (Å²) in [5.41, 5.74) is 7.83. The molecule has 0 radical (unpaired) electrons. The largest absolute Gasteiger partial charge is 0.471 e. The molecule has 1 heterocycles. The van der Waals surface area contributed by atoms with E-state index in [0.29, 0.717) is 17.7 Å². The van der Waals surface area contributed by atoms with Crippen LogP contribution >= 0.6 is 12.4 Å². The van der Waals surface area contributed by atoms with E-state index in [1.54, 1.807) is 18.2 Å². The number of nitrogen functional groups attached to an aromatic ring is 1. The van der Waals surface area contributed by atoms with Crippen LogP contribution in [0.2, 0.25) is 0 Å². The molecule has 1 aliphatic heterocycles. The molecular formula is C11H12ClF3N2O. The number of nitrogens with zero attached hydrogens (tertiary/aromatic N) is 1. The quantitative estimate of drug-likeness (QED) is 0.740. The zero-order valence-corrected chi connectivity index (χ0v) is 10.1. The molecule has 0 aliphatic carbocycles. The summed E-state index contributed by atoms with van der Waals surface area (Å²) in [7, 11) is 0. The molecule has 7 heteroatoms. The van der Waals surface area contributed by atoms with Crippen LogP contribution in [0.4, 0.5) is 18.9 Å². The fraction of sp³-hybridized carbons (Fsp3) is 0.364. The smallest absolute Gasteiger partial charge is 0.398 e. The summed E-state index contributed by atoms with van der Waals surface area (Å²) in [5.74, 6) is -1.79. The van der Waals surface area contributed by atoms with Crippen molar-refractivity contribution in [1.82, 2.24) is 4.90 Å². The monoisotopic (exact) mass is 280 g/mol. The number of hydrogen-bond acceptors (Lipinski definition) is 2. The molecule has 0 spiro atoms. The van der Waals surface area contributed by atoms with Crippen molar-refractivity contribution < 1.29 is 18.0 Å². The van der Waals surface area contributed by atoms with E-state index in [2.05, 4.69) is 0 Å². The van der Waals surface area contributed by atoms with Crippen LogP contribution in [-0.2, 0) is 17.8 Å².